The lowest BCUT2D eigenvalue weighted by Gasteiger charge is -2.21. The SMILES string of the molecule is CCc1nc2c(n1C(C)=O)SC(c1ccc(OC)cc1)=NN2C(C)=O. The first-order valence-corrected chi connectivity index (χ1v) is 8.62. The normalized spacial score (nSPS) is 13.3. The summed E-state index contributed by atoms with van der Waals surface area (Å²) in [6.45, 7) is 4.83. The van der Waals surface area contributed by atoms with Crippen molar-refractivity contribution >= 4 is 34.4 Å². The number of fused-ring (bicyclic) bond motifs is 1. The summed E-state index contributed by atoms with van der Waals surface area (Å²) in [7, 11) is 1.60. The smallest absolute Gasteiger partial charge is 0.245 e. The van der Waals surface area contributed by atoms with E-state index in [1.807, 2.05) is 31.2 Å². The summed E-state index contributed by atoms with van der Waals surface area (Å²) in [5, 5.41) is 6.92. The molecule has 0 radical (unpaired) electrons. The number of thioether (sulfide) groups is 1. The second-order valence-corrected chi connectivity index (χ2v) is 6.41. The van der Waals surface area contributed by atoms with E-state index in [1.54, 1.807) is 11.7 Å². The summed E-state index contributed by atoms with van der Waals surface area (Å²) < 4.78 is 6.72. The molecule has 7 nitrogen and oxygen atoms in total. The van der Waals surface area contributed by atoms with Crippen LogP contribution in [0.1, 0.15) is 37.0 Å². The van der Waals surface area contributed by atoms with E-state index in [-0.39, 0.29) is 11.8 Å². The summed E-state index contributed by atoms with van der Waals surface area (Å²) >= 11 is 1.33. The fourth-order valence-corrected chi connectivity index (χ4v) is 3.66. The third-order valence-corrected chi connectivity index (χ3v) is 4.81. The van der Waals surface area contributed by atoms with Gasteiger partial charge in [-0.15, -0.1) is 0 Å². The molecule has 1 amide bonds. The van der Waals surface area contributed by atoms with Crippen LogP contribution in [0.2, 0.25) is 0 Å². The number of rotatable bonds is 3. The van der Waals surface area contributed by atoms with Gasteiger partial charge in [-0.3, -0.25) is 14.2 Å². The zero-order chi connectivity index (χ0) is 18.1. The van der Waals surface area contributed by atoms with Crippen molar-refractivity contribution in [2.45, 2.75) is 32.2 Å². The fraction of sp³-hybridized carbons (Fsp3) is 0.294. The van der Waals surface area contributed by atoms with Gasteiger partial charge in [-0.25, -0.2) is 4.98 Å². The Bertz CT molecular complexity index is 871. The van der Waals surface area contributed by atoms with Gasteiger partial charge in [-0.05, 0) is 36.0 Å². The monoisotopic (exact) mass is 358 g/mol. The van der Waals surface area contributed by atoms with Gasteiger partial charge in [0.1, 0.15) is 21.6 Å². The van der Waals surface area contributed by atoms with Crippen LogP contribution >= 0.6 is 11.8 Å². The van der Waals surface area contributed by atoms with Gasteiger partial charge in [-0.2, -0.15) is 10.1 Å². The van der Waals surface area contributed by atoms with E-state index in [0.29, 0.717) is 28.1 Å². The quantitative estimate of drug-likeness (QED) is 0.843. The van der Waals surface area contributed by atoms with Crippen LogP contribution in [0.3, 0.4) is 0 Å². The first-order valence-electron chi connectivity index (χ1n) is 7.80. The third-order valence-electron chi connectivity index (χ3n) is 3.74. The maximum absolute atomic E-state index is 12.1. The number of anilines is 1. The maximum Gasteiger partial charge on any atom is 0.245 e. The number of hydrazone groups is 1. The van der Waals surface area contributed by atoms with E-state index < -0.39 is 0 Å². The average molecular weight is 358 g/mol. The number of hydrogen-bond donors (Lipinski definition) is 0. The minimum atomic E-state index is -0.261. The van der Waals surface area contributed by atoms with Crippen molar-refractivity contribution in [2.24, 2.45) is 5.10 Å². The Hall–Kier alpha value is -2.61. The van der Waals surface area contributed by atoms with Gasteiger partial charge in [0.05, 0.1) is 7.11 Å². The predicted molar refractivity (Wildman–Crippen MR) is 96.5 cm³/mol. The van der Waals surface area contributed by atoms with E-state index >= 15 is 0 Å². The van der Waals surface area contributed by atoms with E-state index in [9.17, 15) is 9.59 Å². The van der Waals surface area contributed by atoms with Gasteiger partial charge >= 0.3 is 0 Å². The fourth-order valence-electron chi connectivity index (χ4n) is 2.55. The van der Waals surface area contributed by atoms with Crippen LogP contribution in [0.4, 0.5) is 5.82 Å². The van der Waals surface area contributed by atoms with Crippen molar-refractivity contribution in [3.8, 4) is 5.75 Å². The van der Waals surface area contributed by atoms with Gasteiger partial charge in [-0.1, -0.05) is 6.92 Å². The molecule has 0 unspecified atom stereocenters. The Labute approximate surface area is 149 Å². The summed E-state index contributed by atoms with van der Waals surface area (Å²) in [4.78, 5) is 28.6. The molecule has 0 bridgehead atoms. The van der Waals surface area contributed by atoms with Crippen molar-refractivity contribution in [1.29, 1.82) is 0 Å². The summed E-state index contributed by atoms with van der Waals surface area (Å²) in [6.07, 6.45) is 0.580. The number of benzene rings is 1. The van der Waals surface area contributed by atoms with E-state index in [0.717, 1.165) is 11.3 Å². The van der Waals surface area contributed by atoms with E-state index in [2.05, 4.69) is 10.1 Å². The van der Waals surface area contributed by atoms with Gasteiger partial charge in [0.25, 0.3) is 0 Å². The molecule has 0 saturated heterocycles. The topological polar surface area (TPSA) is 76.8 Å². The Morgan fingerprint density at radius 3 is 2.36 bits per heavy atom. The first-order chi connectivity index (χ1) is 12.0. The highest BCUT2D eigenvalue weighted by Crippen LogP contribution is 2.38. The standard InChI is InChI=1S/C17H18N4O3S/c1-5-14-18-15-17(20(14)10(2)22)25-16(19-21(15)11(3)23)12-6-8-13(24-4)9-7-12/h6-9H,5H2,1-4H3. The molecule has 0 aliphatic carbocycles. The molecular formula is C17H18N4O3S. The maximum atomic E-state index is 12.1. The number of carbonyl (C=O) groups excluding carboxylic acids is 2. The lowest BCUT2D eigenvalue weighted by molar-refractivity contribution is -0.116. The molecule has 25 heavy (non-hydrogen) atoms. The van der Waals surface area contributed by atoms with Crippen LogP contribution in [0.15, 0.2) is 34.4 Å². The molecule has 0 atom stereocenters. The molecule has 0 spiro atoms. The average Bonchev–Trinajstić information content (AvgIpc) is 2.99. The second kappa shape index (κ2) is 6.72. The Morgan fingerprint density at radius 1 is 1.16 bits per heavy atom. The van der Waals surface area contributed by atoms with Crippen molar-refractivity contribution in [3.05, 3.63) is 35.7 Å². The molecule has 1 aliphatic rings. The highest BCUT2D eigenvalue weighted by atomic mass is 32.2. The predicted octanol–water partition coefficient (Wildman–Crippen LogP) is 2.93. The molecule has 2 heterocycles. The second-order valence-electron chi connectivity index (χ2n) is 5.43. The highest BCUT2D eigenvalue weighted by Gasteiger charge is 2.31. The number of ether oxygens (including phenoxy) is 1. The minimum absolute atomic E-state index is 0.141. The molecule has 1 aromatic heterocycles. The number of aryl methyl sites for hydroxylation is 1. The first kappa shape index (κ1) is 17.2. The molecule has 1 aromatic carbocycles. The zero-order valence-corrected chi connectivity index (χ0v) is 15.3. The summed E-state index contributed by atoms with van der Waals surface area (Å²) in [6, 6.07) is 7.38. The highest BCUT2D eigenvalue weighted by molar-refractivity contribution is 8.14. The largest absolute Gasteiger partial charge is 0.497 e. The zero-order valence-electron chi connectivity index (χ0n) is 14.4. The molecule has 0 fully saturated rings. The molecule has 3 rings (SSSR count). The number of hydrogen-bond acceptors (Lipinski definition) is 6. The third kappa shape index (κ3) is 3.05. The Balaban J connectivity index is 2.11. The van der Waals surface area contributed by atoms with Gasteiger partial charge < -0.3 is 4.74 Å². The van der Waals surface area contributed by atoms with Crippen LogP contribution in [-0.4, -0.2) is 33.5 Å². The summed E-state index contributed by atoms with van der Waals surface area (Å²) in [5.74, 6) is 1.35. The Kier molecular flexibility index (Phi) is 4.63. The van der Waals surface area contributed by atoms with Crippen LogP contribution in [0.5, 0.6) is 5.75 Å². The number of nitrogens with zero attached hydrogens (tertiary/aromatic N) is 4. The molecule has 0 saturated carbocycles. The molecule has 2 aromatic rings. The van der Waals surface area contributed by atoms with Gasteiger partial charge in [0.15, 0.2) is 5.82 Å². The van der Waals surface area contributed by atoms with E-state index in [4.69, 9.17) is 4.74 Å². The minimum Gasteiger partial charge on any atom is -0.497 e. The van der Waals surface area contributed by atoms with Crippen molar-refractivity contribution in [1.82, 2.24) is 9.55 Å². The molecule has 8 heteroatoms. The van der Waals surface area contributed by atoms with Crippen molar-refractivity contribution in [3.63, 3.8) is 0 Å². The van der Waals surface area contributed by atoms with Crippen LogP contribution in [-0.2, 0) is 11.2 Å². The molecule has 0 N–H and O–H groups in total. The lowest BCUT2D eigenvalue weighted by atomic mass is 10.2. The number of aromatic nitrogens is 2. The summed E-state index contributed by atoms with van der Waals surface area (Å²) in [5.41, 5.74) is 0.831. The van der Waals surface area contributed by atoms with Gasteiger partial charge in [0, 0.05) is 25.8 Å². The van der Waals surface area contributed by atoms with Gasteiger partial charge in [0.2, 0.25) is 11.8 Å². The Morgan fingerprint density at radius 2 is 1.84 bits per heavy atom. The molecule has 1 aliphatic heterocycles. The van der Waals surface area contributed by atoms with Crippen molar-refractivity contribution in [2.75, 3.05) is 12.1 Å². The lowest BCUT2D eigenvalue weighted by Crippen LogP contribution is -2.28. The van der Waals surface area contributed by atoms with Crippen LogP contribution in [0.25, 0.3) is 0 Å². The molecular weight excluding hydrogens is 340 g/mol. The van der Waals surface area contributed by atoms with E-state index in [1.165, 1.54) is 30.6 Å². The number of methoxy groups -OCH3 is 1. The number of imidazole rings is 1. The van der Waals surface area contributed by atoms with Crippen LogP contribution in [0, 0.1) is 0 Å². The van der Waals surface area contributed by atoms with Crippen molar-refractivity contribution < 1.29 is 14.3 Å². The number of carbonyl (C=O) groups is 2. The van der Waals surface area contributed by atoms with Crippen LogP contribution < -0.4 is 9.75 Å². The molecule has 130 valence electrons. The number of amides is 1.